The van der Waals surface area contributed by atoms with Crippen molar-refractivity contribution in [3.8, 4) is 0 Å². The van der Waals surface area contributed by atoms with Gasteiger partial charge < -0.3 is 9.64 Å². The summed E-state index contributed by atoms with van der Waals surface area (Å²) in [5.41, 5.74) is -1.64. The van der Waals surface area contributed by atoms with Gasteiger partial charge in [0.15, 0.2) is 0 Å². The molecule has 0 aliphatic heterocycles. The van der Waals surface area contributed by atoms with Crippen molar-refractivity contribution in [3.63, 3.8) is 0 Å². The van der Waals surface area contributed by atoms with Crippen LogP contribution in [0.2, 0.25) is 0 Å². The zero-order chi connectivity index (χ0) is 15.3. The Bertz CT molecular complexity index is 474. The Kier molecular flexibility index (Phi) is 5.50. The Hall–Kier alpha value is -1.63. The molecular weight excluding hydrogens is 278 g/mol. The highest BCUT2D eigenvalue weighted by molar-refractivity contribution is 5.94. The molecule has 0 atom stereocenters. The van der Waals surface area contributed by atoms with Gasteiger partial charge in [-0.25, -0.2) is 4.39 Å². The molecule has 1 aromatic carbocycles. The van der Waals surface area contributed by atoms with Gasteiger partial charge in [0.05, 0.1) is 12.2 Å². The van der Waals surface area contributed by atoms with Gasteiger partial charge in [0.2, 0.25) is 0 Å². The fourth-order valence-electron chi connectivity index (χ4n) is 1.66. The molecule has 1 amide bonds. The maximum atomic E-state index is 13.1. The molecule has 0 N–H and O–H groups in total. The molecule has 0 fully saturated rings. The lowest BCUT2D eigenvalue weighted by atomic mass is 10.1. The molecule has 1 rings (SSSR count). The summed E-state index contributed by atoms with van der Waals surface area (Å²) in [6.07, 6.45) is -4.83. The summed E-state index contributed by atoms with van der Waals surface area (Å²) in [7, 11) is 1.46. The third kappa shape index (κ3) is 3.93. The Morgan fingerprint density at radius 1 is 1.35 bits per heavy atom. The molecule has 0 saturated carbocycles. The van der Waals surface area contributed by atoms with Gasteiger partial charge in [0.1, 0.15) is 5.82 Å². The van der Waals surface area contributed by atoms with Gasteiger partial charge in [-0.1, -0.05) is 0 Å². The summed E-state index contributed by atoms with van der Waals surface area (Å²) >= 11 is 0. The van der Waals surface area contributed by atoms with Crippen LogP contribution in [0.4, 0.5) is 17.6 Å². The molecule has 1 aromatic rings. The van der Waals surface area contributed by atoms with E-state index in [2.05, 4.69) is 0 Å². The molecule has 20 heavy (non-hydrogen) atoms. The number of nitrogens with zero attached hydrogens (tertiary/aromatic N) is 1. The first-order valence-corrected chi connectivity index (χ1v) is 5.96. The molecule has 0 heterocycles. The number of hydrogen-bond donors (Lipinski definition) is 0. The van der Waals surface area contributed by atoms with E-state index in [1.165, 1.54) is 12.0 Å². The third-order valence-electron chi connectivity index (χ3n) is 2.75. The third-order valence-corrected chi connectivity index (χ3v) is 2.75. The Balaban J connectivity index is 3.04. The van der Waals surface area contributed by atoms with E-state index < -0.39 is 23.5 Å². The molecule has 0 radical (unpaired) electrons. The molecular formula is C13H15F4NO2. The van der Waals surface area contributed by atoms with Gasteiger partial charge in [-0.15, -0.1) is 0 Å². The summed E-state index contributed by atoms with van der Waals surface area (Å²) in [5.74, 6) is -1.98. The minimum atomic E-state index is -4.83. The second-order valence-electron chi connectivity index (χ2n) is 4.07. The number of carbonyl (C=O) groups is 1. The van der Waals surface area contributed by atoms with Crippen molar-refractivity contribution >= 4 is 5.91 Å². The van der Waals surface area contributed by atoms with Gasteiger partial charge in [-0.05, 0) is 25.1 Å². The van der Waals surface area contributed by atoms with E-state index >= 15 is 0 Å². The maximum absolute atomic E-state index is 13.1. The zero-order valence-corrected chi connectivity index (χ0v) is 11.1. The summed E-state index contributed by atoms with van der Waals surface area (Å²) in [4.78, 5) is 13.4. The molecule has 3 nitrogen and oxygen atoms in total. The monoisotopic (exact) mass is 293 g/mol. The van der Waals surface area contributed by atoms with E-state index in [4.69, 9.17) is 4.74 Å². The molecule has 7 heteroatoms. The van der Waals surface area contributed by atoms with Gasteiger partial charge in [0, 0.05) is 25.8 Å². The molecule has 0 aliphatic carbocycles. The number of ether oxygens (including phenoxy) is 1. The highest BCUT2D eigenvalue weighted by Crippen LogP contribution is 2.32. The topological polar surface area (TPSA) is 29.5 Å². The van der Waals surface area contributed by atoms with Crippen LogP contribution in [0.1, 0.15) is 22.8 Å². The molecule has 0 bridgehead atoms. The van der Waals surface area contributed by atoms with E-state index in [1.54, 1.807) is 6.92 Å². The van der Waals surface area contributed by atoms with Crippen molar-refractivity contribution in [1.82, 2.24) is 4.90 Å². The largest absolute Gasteiger partial charge is 0.419 e. The number of likely N-dealkylation sites (N-methyl/N-ethyl adjacent to an activating group) is 1. The lowest BCUT2D eigenvalue weighted by Gasteiger charge is -2.21. The normalized spacial score (nSPS) is 11.5. The summed E-state index contributed by atoms with van der Waals surface area (Å²) in [5, 5.41) is 0. The number of hydrogen-bond acceptors (Lipinski definition) is 2. The number of amides is 1. The molecule has 0 aromatic heterocycles. The van der Waals surface area contributed by atoms with Crippen LogP contribution in [0.15, 0.2) is 18.2 Å². The quantitative estimate of drug-likeness (QED) is 0.781. The van der Waals surface area contributed by atoms with E-state index in [9.17, 15) is 22.4 Å². The lowest BCUT2D eigenvalue weighted by Crippen LogP contribution is -2.33. The van der Waals surface area contributed by atoms with Gasteiger partial charge in [0.25, 0.3) is 5.91 Å². The van der Waals surface area contributed by atoms with Crippen LogP contribution >= 0.6 is 0 Å². The van der Waals surface area contributed by atoms with Crippen molar-refractivity contribution in [2.24, 2.45) is 0 Å². The standard InChI is InChI=1S/C13H15F4NO2/c1-3-18(6-7-20-2)12(19)9-4-5-11(14)10(8-9)13(15,16)17/h4-5,8H,3,6-7H2,1-2H3. The van der Waals surface area contributed by atoms with Crippen molar-refractivity contribution in [2.45, 2.75) is 13.1 Å². The van der Waals surface area contributed by atoms with Crippen LogP contribution in [0.3, 0.4) is 0 Å². The second kappa shape index (κ2) is 6.69. The first kappa shape index (κ1) is 16.4. The van der Waals surface area contributed by atoms with Crippen molar-refractivity contribution in [3.05, 3.63) is 35.1 Å². The van der Waals surface area contributed by atoms with Crippen molar-refractivity contribution in [2.75, 3.05) is 26.8 Å². The molecule has 0 aliphatic rings. The highest BCUT2D eigenvalue weighted by Gasteiger charge is 2.35. The van der Waals surface area contributed by atoms with Crippen LogP contribution in [0.5, 0.6) is 0 Å². The first-order valence-electron chi connectivity index (χ1n) is 5.96. The van der Waals surface area contributed by atoms with E-state index in [-0.39, 0.29) is 18.7 Å². The second-order valence-corrected chi connectivity index (χ2v) is 4.07. The average Bonchev–Trinajstić information content (AvgIpc) is 2.38. The summed E-state index contributed by atoms with van der Waals surface area (Å²) in [6, 6.07) is 2.23. The number of methoxy groups -OCH3 is 1. The molecule has 112 valence electrons. The predicted octanol–water partition coefficient (Wildman–Crippen LogP) is 2.95. The molecule has 0 saturated heterocycles. The minimum absolute atomic E-state index is 0.198. The number of carbonyl (C=O) groups excluding carboxylic acids is 1. The summed E-state index contributed by atoms with van der Waals surface area (Å²) in [6.45, 7) is 2.54. The van der Waals surface area contributed by atoms with E-state index in [0.717, 1.165) is 6.07 Å². The Morgan fingerprint density at radius 3 is 2.50 bits per heavy atom. The minimum Gasteiger partial charge on any atom is -0.383 e. The van der Waals surface area contributed by atoms with Crippen LogP contribution in [0, 0.1) is 5.82 Å². The number of benzene rings is 1. The summed E-state index contributed by atoms with van der Waals surface area (Å²) < 4.78 is 55.8. The fourth-order valence-corrected chi connectivity index (χ4v) is 1.66. The molecule has 0 spiro atoms. The van der Waals surface area contributed by atoms with Crippen LogP contribution in [0.25, 0.3) is 0 Å². The first-order chi connectivity index (χ1) is 9.31. The Labute approximate surface area is 114 Å². The number of alkyl halides is 3. The van der Waals surface area contributed by atoms with Crippen molar-refractivity contribution < 1.29 is 27.1 Å². The SMILES string of the molecule is CCN(CCOC)C(=O)c1ccc(F)c(C(F)(F)F)c1. The predicted molar refractivity (Wildman–Crippen MR) is 64.9 cm³/mol. The van der Waals surface area contributed by atoms with E-state index in [0.29, 0.717) is 18.7 Å². The van der Waals surface area contributed by atoms with Gasteiger partial charge in [-0.3, -0.25) is 4.79 Å². The average molecular weight is 293 g/mol. The van der Waals surface area contributed by atoms with Crippen molar-refractivity contribution in [1.29, 1.82) is 0 Å². The number of halogens is 4. The fraction of sp³-hybridized carbons (Fsp3) is 0.462. The van der Waals surface area contributed by atoms with Gasteiger partial charge >= 0.3 is 6.18 Å². The highest BCUT2D eigenvalue weighted by atomic mass is 19.4. The Morgan fingerprint density at radius 2 is 2.00 bits per heavy atom. The number of rotatable bonds is 5. The smallest absolute Gasteiger partial charge is 0.383 e. The zero-order valence-electron chi connectivity index (χ0n) is 11.1. The lowest BCUT2D eigenvalue weighted by molar-refractivity contribution is -0.140. The van der Waals surface area contributed by atoms with E-state index in [1.807, 2.05) is 0 Å². The van der Waals surface area contributed by atoms with Crippen LogP contribution in [-0.4, -0.2) is 37.6 Å². The molecule has 0 unspecified atom stereocenters. The van der Waals surface area contributed by atoms with Crippen LogP contribution in [-0.2, 0) is 10.9 Å². The van der Waals surface area contributed by atoms with Gasteiger partial charge in [-0.2, -0.15) is 13.2 Å². The maximum Gasteiger partial charge on any atom is 0.419 e. The van der Waals surface area contributed by atoms with Crippen LogP contribution < -0.4 is 0 Å².